The largest absolute Gasteiger partial charge is 0.453 e. The molecule has 0 aliphatic carbocycles. The van der Waals surface area contributed by atoms with Crippen LogP contribution in [-0.2, 0) is 0 Å². The molecule has 2 heterocycles. The normalized spacial score (nSPS) is 11.5. The van der Waals surface area contributed by atoms with Crippen LogP contribution in [-0.4, -0.2) is 4.57 Å². The standard InChI is InChI=1S/C48H32N2O/c1-3-14-33(15-4-1)34-28-30-38(31-29-34)49(44-27-12-17-35-16-7-8-22-40(35)44)39-21-11-18-36(32-39)41-24-13-25-43-46-48(51-47(41)43)42-23-9-10-26-45(42)50(46)37-19-5-2-6-20-37/h1-32H. The van der Waals surface area contributed by atoms with Crippen LogP contribution < -0.4 is 4.90 Å². The van der Waals surface area contributed by atoms with Crippen molar-refractivity contribution in [1.82, 2.24) is 4.57 Å². The molecule has 2 aromatic heterocycles. The molecule has 0 fully saturated rings. The summed E-state index contributed by atoms with van der Waals surface area (Å²) in [4.78, 5) is 2.37. The minimum absolute atomic E-state index is 0.888. The van der Waals surface area contributed by atoms with E-state index in [1.54, 1.807) is 0 Å². The number of aromatic nitrogens is 1. The van der Waals surface area contributed by atoms with Gasteiger partial charge in [-0.2, -0.15) is 0 Å². The fourth-order valence-electron chi connectivity index (χ4n) is 7.64. The van der Waals surface area contributed by atoms with Crippen LogP contribution in [0.5, 0.6) is 0 Å². The summed E-state index contributed by atoms with van der Waals surface area (Å²) in [5, 5.41) is 4.60. The predicted octanol–water partition coefficient (Wildman–Crippen LogP) is 13.5. The van der Waals surface area contributed by atoms with Crippen LogP contribution in [0.3, 0.4) is 0 Å². The highest BCUT2D eigenvalue weighted by molar-refractivity contribution is 6.18. The zero-order chi connectivity index (χ0) is 33.7. The van der Waals surface area contributed by atoms with Crippen LogP contribution in [0.2, 0.25) is 0 Å². The Hall–Kier alpha value is -6.84. The number of furan rings is 1. The van der Waals surface area contributed by atoms with E-state index >= 15 is 0 Å². The zero-order valence-electron chi connectivity index (χ0n) is 27.8. The van der Waals surface area contributed by atoms with Crippen LogP contribution in [0, 0.1) is 0 Å². The lowest BCUT2D eigenvalue weighted by Crippen LogP contribution is -2.10. The summed E-state index contributed by atoms with van der Waals surface area (Å²) in [5.41, 5.74) is 13.0. The van der Waals surface area contributed by atoms with Crippen LogP contribution in [0.25, 0.3) is 71.7 Å². The van der Waals surface area contributed by atoms with E-state index in [2.05, 4.69) is 204 Å². The van der Waals surface area contributed by atoms with Crippen LogP contribution in [0.1, 0.15) is 0 Å². The molecular weight excluding hydrogens is 621 g/mol. The van der Waals surface area contributed by atoms with Crippen molar-refractivity contribution in [2.24, 2.45) is 0 Å². The molecule has 0 bridgehead atoms. The molecule has 10 aromatic rings. The third-order valence-corrected chi connectivity index (χ3v) is 9.97. The van der Waals surface area contributed by atoms with E-state index in [9.17, 15) is 0 Å². The average Bonchev–Trinajstić information content (AvgIpc) is 3.74. The van der Waals surface area contributed by atoms with E-state index < -0.39 is 0 Å². The Morgan fingerprint density at radius 1 is 0.412 bits per heavy atom. The molecule has 0 spiro atoms. The first-order valence-electron chi connectivity index (χ1n) is 17.4. The second-order valence-corrected chi connectivity index (χ2v) is 12.9. The molecule has 0 aliphatic rings. The molecule has 0 amide bonds. The maximum atomic E-state index is 6.90. The second kappa shape index (κ2) is 11.9. The number of benzene rings is 8. The van der Waals surface area contributed by atoms with E-state index in [1.807, 2.05) is 0 Å². The summed E-state index contributed by atoms with van der Waals surface area (Å²) in [7, 11) is 0. The van der Waals surface area contributed by atoms with Crippen molar-refractivity contribution in [2.45, 2.75) is 0 Å². The first kappa shape index (κ1) is 29.1. The van der Waals surface area contributed by atoms with Gasteiger partial charge in [0.1, 0.15) is 11.1 Å². The predicted molar refractivity (Wildman–Crippen MR) is 214 cm³/mol. The number of nitrogens with zero attached hydrogens (tertiary/aromatic N) is 2. The highest BCUT2D eigenvalue weighted by Gasteiger charge is 2.22. The van der Waals surface area contributed by atoms with E-state index in [0.717, 1.165) is 66.8 Å². The minimum atomic E-state index is 0.888. The molecule has 0 atom stereocenters. The molecule has 0 N–H and O–H groups in total. The number of hydrogen-bond donors (Lipinski definition) is 0. The number of anilines is 3. The van der Waals surface area contributed by atoms with Gasteiger partial charge in [0.05, 0.1) is 11.2 Å². The molecule has 0 radical (unpaired) electrons. The first-order chi connectivity index (χ1) is 25.3. The van der Waals surface area contributed by atoms with Gasteiger partial charge in [-0.15, -0.1) is 0 Å². The monoisotopic (exact) mass is 652 g/mol. The van der Waals surface area contributed by atoms with E-state index in [4.69, 9.17) is 4.42 Å². The lowest BCUT2D eigenvalue weighted by Gasteiger charge is -2.27. The molecule has 10 rings (SSSR count). The quantitative estimate of drug-likeness (QED) is 0.178. The van der Waals surface area contributed by atoms with Crippen molar-refractivity contribution < 1.29 is 4.42 Å². The Balaban J connectivity index is 1.16. The highest BCUT2D eigenvalue weighted by atomic mass is 16.3. The minimum Gasteiger partial charge on any atom is -0.453 e. The molecular formula is C48H32N2O. The molecule has 3 heteroatoms. The Bertz CT molecular complexity index is 2840. The summed E-state index contributed by atoms with van der Waals surface area (Å²) in [6.07, 6.45) is 0. The first-order valence-corrected chi connectivity index (χ1v) is 17.4. The van der Waals surface area contributed by atoms with Gasteiger partial charge in [0.15, 0.2) is 5.58 Å². The van der Waals surface area contributed by atoms with Gasteiger partial charge >= 0.3 is 0 Å². The summed E-state index contributed by atoms with van der Waals surface area (Å²) < 4.78 is 9.23. The molecule has 3 nitrogen and oxygen atoms in total. The number of para-hydroxylation sites is 3. The van der Waals surface area contributed by atoms with Crippen molar-refractivity contribution in [3.05, 3.63) is 194 Å². The fraction of sp³-hybridized carbons (Fsp3) is 0. The topological polar surface area (TPSA) is 21.3 Å². The van der Waals surface area contributed by atoms with Gasteiger partial charge in [-0.1, -0.05) is 133 Å². The van der Waals surface area contributed by atoms with Gasteiger partial charge in [0, 0.05) is 38.8 Å². The molecule has 51 heavy (non-hydrogen) atoms. The third-order valence-electron chi connectivity index (χ3n) is 9.97. The highest BCUT2D eigenvalue weighted by Crippen LogP contribution is 2.44. The lowest BCUT2D eigenvalue weighted by molar-refractivity contribution is 0.674. The molecule has 0 unspecified atom stereocenters. The maximum Gasteiger partial charge on any atom is 0.161 e. The second-order valence-electron chi connectivity index (χ2n) is 12.9. The molecule has 0 aliphatic heterocycles. The smallest absolute Gasteiger partial charge is 0.161 e. The van der Waals surface area contributed by atoms with E-state index in [1.165, 1.54) is 21.9 Å². The van der Waals surface area contributed by atoms with Crippen LogP contribution >= 0.6 is 0 Å². The van der Waals surface area contributed by atoms with Gasteiger partial charge in [-0.3, -0.25) is 0 Å². The Morgan fingerprint density at radius 3 is 1.88 bits per heavy atom. The van der Waals surface area contributed by atoms with Crippen molar-refractivity contribution in [3.63, 3.8) is 0 Å². The van der Waals surface area contributed by atoms with Crippen LogP contribution in [0.15, 0.2) is 199 Å². The van der Waals surface area contributed by atoms with Gasteiger partial charge in [-0.05, 0) is 82.7 Å². The van der Waals surface area contributed by atoms with Crippen molar-refractivity contribution >= 4 is 60.8 Å². The van der Waals surface area contributed by atoms with Crippen molar-refractivity contribution in [3.8, 4) is 27.9 Å². The Kier molecular flexibility index (Phi) is 6.81. The third kappa shape index (κ3) is 4.82. The summed E-state index contributed by atoms with van der Waals surface area (Å²) in [5.74, 6) is 0. The number of rotatable bonds is 6. The van der Waals surface area contributed by atoms with Crippen LogP contribution in [0.4, 0.5) is 17.1 Å². The molecule has 0 saturated heterocycles. The summed E-state index contributed by atoms with van der Waals surface area (Å²) in [6.45, 7) is 0. The molecule has 8 aromatic carbocycles. The average molecular weight is 653 g/mol. The SMILES string of the molecule is c1ccc(-c2ccc(N(c3cccc(-c4cccc5c4oc4c6ccccc6n(-c6ccccc6)c54)c3)c3cccc4ccccc34)cc2)cc1. The van der Waals surface area contributed by atoms with Gasteiger partial charge < -0.3 is 13.9 Å². The zero-order valence-corrected chi connectivity index (χ0v) is 27.8. The Morgan fingerprint density at radius 2 is 1.04 bits per heavy atom. The number of hydrogen-bond acceptors (Lipinski definition) is 2. The van der Waals surface area contributed by atoms with Gasteiger partial charge in [0.2, 0.25) is 0 Å². The Labute approximate surface area is 295 Å². The lowest BCUT2D eigenvalue weighted by atomic mass is 10.0. The summed E-state index contributed by atoms with van der Waals surface area (Å²) in [6, 6.07) is 69.0. The fourth-order valence-corrected chi connectivity index (χ4v) is 7.64. The van der Waals surface area contributed by atoms with E-state index in [0.29, 0.717) is 0 Å². The van der Waals surface area contributed by atoms with Crippen molar-refractivity contribution in [2.75, 3.05) is 4.90 Å². The van der Waals surface area contributed by atoms with E-state index in [-0.39, 0.29) is 0 Å². The molecule has 0 saturated carbocycles. The van der Waals surface area contributed by atoms with Gasteiger partial charge in [-0.25, -0.2) is 0 Å². The number of fused-ring (bicyclic) bond motifs is 6. The summed E-state index contributed by atoms with van der Waals surface area (Å²) >= 11 is 0. The van der Waals surface area contributed by atoms with Gasteiger partial charge in [0.25, 0.3) is 0 Å². The maximum absolute atomic E-state index is 6.90. The molecule has 240 valence electrons. The van der Waals surface area contributed by atoms with Crippen molar-refractivity contribution in [1.29, 1.82) is 0 Å².